The maximum Gasteiger partial charge on any atom is 0.322 e. The van der Waals surface area contributed by atoms with E-state index < -0.39 is 0 Å². The first-order valence-corrected chi connectivity index (χ1v) is 9.91. The minimum atomic E-state index is -0.238. The normalized spacial score (nSPS) is 11.1. The van der Waals surface area contributed by atoms with Crippen molar-refractivity contribution < 1.29 is 9.21 Å². The molecule has 0 spiro atoms. The molecular weight excluding hydrogens is 392 g/mol. The van der Waals surface area contributed by atoms with Crippen LogP contribution in [0.15, 0.2) is 77.4 Å². The van der Waals surface area contributed by atoms with Gasteiger partial charge in [-0.15, -0.1) is 5.10 Å². The number of furan rings is 1. The van der Waals surface area contributed by atoms with Gasteiger partial charge < -0.3 is 14.6 Å². The summed E-state index contributed by atoms with van der Waals surface area (Å²) in [6.45, 7) is 2.66. The number of anilines is 1. The molecule has 0 aliphatic heterocycles. The molecule has 0 atom stereocenters. The molecule has 0 unspecified atom stereocenters. The predicted molar refractivity (Wildman–Crippen MR) is 116 cm³/mol. The summed E-state index contributed by atoms with van der Waals surface area (Å²) in [6, 6.07) is 20.9. The molecule has 3 heterocycles. The first kappa shape index (κ1) is 18.8. The number of benzene rings is 2. The van der Waals surface area contributed by atoms with Gasteiger partial charge in [0.15, 0.2) is 5.65 Å². The van der Waals surface area contributed by atoms with Gasteiger partial charge in [-0.05, 0) is 59.8 Å². The van der Waals surface area contributed by atoms with Gasteiger partial charge in [-0.25, -0.2) is 4.79 Å². The van der Waals surface area contributed by atoms with Crippen LogP contribution < -0.4 is 5.32 Å². The Hall–Kier alpha value is -4.20. The summed E-state index contributed by atoms with van der Waals surface area (Å²) in [7, 11) is 0. The van der Waals surface area contributed by atoms with Crippen LogP contribution in [0.2, 0.25) is 0 Å². The number of carbonyl (C=O) groups excluding carboxylic acids is 1. The topological polar surface area (TPSA) is 88.6 Å². The van der Waals surface area contributed by atoms with Crippen molar-refractivity contribution in [3.63, 3.8) is 0 Å². The number of nitrogens with zero attached hydrogens (tertiary/aromatic N) is 5. The van der Waals surface area contributed by atoms with Gasteiger partial charge in [0, 0.05) is 16.6 Å². The lowest BCUT2D eigenvalue weighted by molar-refractivity contribution is 0.201. The Kier molecular flexibility index (Phi) is 4.80. The largest absolute Gasteiger partial charge is 0.467 e. The number of carbonyl (C=O) groups is 1. The Balaban J connectivity index is 1.52. The van der Waals surface area contributed by atoms with Crippen molar-refractivity contribution in [3.05, 3.63) is 89.9 Å². The summed E-state index contributed by atoms with van der Waals surface area (Å²) in [4.78, 5) is 14.8. The van der Waals surface area contributed by atoms with Crippen LogP contribution in [0.1, 0.15) is 16.9 Å². The van der Waals surface area contributed by atoms with Crippen LogP contribution in [0.3, 0.4) is 0 Å². The Morgan fingerprint density at radius 1 is 1.06 bits per heavy atom. The molecule has 3 aromatic heterocycles. The highest BCUT2D eigenvalue weighted by atomic mass is 16.3. The lowest BCUT2D eigenvalue weighted by Crippen LogP contribution is -2.34. The number of fused-ring (bicyclic) bond motifs is 3. The molecule has 0 saturated heterocycles. The minimum absolute atomic E-state index is 0.238. The Morgan fingerprint density at radius 3 is 2.74 bits per heavy atom. The molecule has 5 rings (SSSR count). The molecule has 0 aliphatic carbocycles. The zero-order valence-electron chi connectivity index (χ0n) is 16.9. The third-order valence-electron chi connectivity index (χ3n) is 5.10. The van der Waals surface area contributed by atoms with E-state index in [4.69, 9.17) is 4.42 Å². The molecule has 5 aromatic rings. The molecule has 2 aromatic carbocycles. The van der Waals surface area contributed by atoms with Crippen molar-refractivity contribution in [3.8, 4) is 0 Å². The van der Waals surface area contributed by atoms with Gasteiger partial charge in [-0.1, -0.05) is 29.8 Å². The van der Waals surface area contributed by atoms with Crippen molar-refractivity contribution in [2.24, 2.45) is 0 Å². The summed E-state index contributed by atoms with van der Waals surface area (Å²) < 4.78 is 7.21. The Morgan fingerprint density at radius 2 is 1.94 bits per heavy atom. The van der Waals surface area contributed by atoms with Gasteiger partial charge in [0.2, 0.25) is 0 Å². The number of aromatic nitrogens is 4. The third kappa shape index (κ3) is 3.83. The average Bonchev–Trinajstić information content (AvgIpc) is 3.46. The smallest absolute Gasteiger partial charge is 0.322 e. The second-order valence-corrected chi connectivity index (χ2v) is 7.38. The minimum Gasteiger partial charge on any atom is -0.467 e. The number of para-hydroxylation sites is 1. The molecule has 0 aliphatic rings. The van der Waals surface area contributed by atoms with E-state index in [0.717, 1.165) is 27.7 Å². The van der Waals surface area contributed by atoms with Crippen LogP contribution in [-0.2, 0) is 13.1 Å². The quantitative estimate of drug-likeness (QED) is 0.462. The highest BCUT2D eigenvalue weighted by molar-refractivity contribution is 5.89. The monoisotopic (exact) mass is 412 g/mol. The first-order chi connectivity index (χ1) is 15.2. The van der Waals surface area contributed by atoms with Crippen molar-refractivity contribution >= 4 is 28.3 Å². The number of amides is 2. The van der Waals surface area contributed by atoms with Gasteiger partial charge in [-0.2, -0.15) is 4.52 Å². The van der Waals surface area contributed by atoms with Gasteiger partial charge >= 0.3 is 6.03 Å². The fourth-order valence-electron chi connectivity index (χ4n) is 3.62. The van der Waals surface area contributed by atoms with Crippen LogP contribution in [-0.4, -0.2) is 31.0 Å². The summed E-state index contributed by atoms with van der Waals surface area (Å²) in [5, 5.41) is 16.2. The molecule has 8 nitrogen and oxygen atoms in total. The Bertz CT molecular complexity index is 1350. The number of urea groups is 1. The summed E-state index contributed by atoms with van der Waals surface area (Å²) in [5.74, 6) is 0.690. The van der Waals surface area contributed by atoms with Crippen LogP contribution >= 0.6 is 0 Å². The van der Waals surface area contributed by atoms with E-state index in [0.29, 0.717) is 24.5 Å². The lowest BCUT2D eigenvalue weighted by Gasteiger charge is -2.22. The maximum absolute atomic E-state index is 13.1. The van der Waals surface area contributed by atoms with Crippen molar-refractivity contribution in [2.75, 3.05) is 5.32 Å². The number of pyridine rings is 1. The van der Waals surface area contributed by atoms with Crippen LogP contribution in [0.5, 0.6) is 0 Å². The predicted octanol–water partition coefficient (Wildman–Crippen LogP) is 4.41. The molecule has 31 heavy (non-hydrogen) atoms. The van der Waals surface area contributed by atoms with E-state index in [1.54, 1.807) is 15.7 Å². The molecule has 0 bridgehead atoms. The Labute approximate surface area is 178 Å². The zero-order chi connectivity index (χ0) is 21.2. The van der Waals surface area contributed by atoms with E-state index in [1.807, 2.05) is 67.6 Å². The summed E-state index contributed by atoms with van der Waals surface area (Å²) >= 11 is 0. The average molecular weight is 412 g/mol. The van der Waals surface area contributed by atoms with E-state index in [9.17, 15) is 4.79 Å². The number of hydrogen-bond donors (Lipinski definition) is 1. The second-order valence-electron chi connectivity index (χ2n) is 7.38. The van der Waals surface area contributed by atoms with E-state index >= 15 is 0 Å². The number of tetrazole rings is 1. The lowest BCUT2D eigenvalue weighted by atomic mass is 10.1. The fraction of sp³-hybridized carbons (Fsp3) is 0.130. The SMILES string of the molecule is Cc1ccc2c(c1)cc(CN(Cc1ccco1)C(=O)Nc1ccccc1)c1nnnn12. The number of rotatable bonds is 5. The van der Waals surface area contributed by atoms with Gasteiger partial charge in [0.1, 0.15) is 5.76 Å². The highest BCUT2D eigenvalue weighted by Crippen LogP contribution is 2.23. The van der Waals surface area contributed by atoms with E-state index in [1.165, 1.54) is 0 Å². The highest BCUT2D eigenvalue weighted by Gasteiger charge is 2.19. The van der Waals surface area contributed by atoms with Crippen LogP contribution in [0.25, 0.3) is 16.6 Å². The van der Waals surface area contributed by atoms with E-state index in [-0.39, 0.29) is 6.03 Å². The van der Waals surface area contributed by atoms with Crippen molar-refractivity contribution in [1.29, 1.82) is 0 Å². The van der Waals surface area contributed by atoms with E-state index in [2.05, 4.69) is 26.9 Å². The fourth-order valence-corrected chi connectivity index (χ4v) is 3.62. The van der Waals surface area contributed by atoms with Crippen LogP contribution in [0, 0.1) is 6.92 Å². The number of hydrogen-bond acceptors (Lipinski definition) is 5. The molecule has 0 saturated carbocycles. The molecule has 2 amide bonds. The summed E-state index contributed by atoms with van der Waals surface area (Å²) in [6.07, 6.45) is 1.60. The van der Waals surface area contributed by atoms with Gasteiger partial charge in [0.05, 0.1) is 24.9 Å². The number of aryl methyl sites for hydroxylation is 1. The van der Waals surface area contributed by atoms with Crippen molar-refractivity contribution in [1.82, 2.24) is 24.9 Å². The standard InChI is InChI=1S/C23H20N6O2/c1-16-9-10-21-17(12-16)13-18(22-25-26-27-29(21)22)14-28(15-20-8-5-11-31-20)23(30)24-19-6-3-2-4-7-19/h2-13H,14-15H2,1H3,(H,24,30). The second kappa shape index (κ2) is 7.91. The van der Waals surface area contributed by atoms with Gasteiger partial charge in [-0.3, -0.25) is 0 Å². The van der Waals surface area contributed by atoms with Crippen molar-refractivity contribution in [2.45, 2.75) is 20.0 Å². The first-order valence-electron chi connectivity index (χ1n) is 9.91. The molecule has 154 valence electrons. The number of nitrogens with one attached hydrogen (secondary N) is 1. The van der Waals surface area contributed by atoms with Crippen LogP contribution in [0.4, 0.5) is 10.5 Å². The molecule has 0 radical (unpaired) electrons. The molecule has 0 fully saturated rings. The molecular formula is C23H20N6O2. The molecule has 8 heteroatoms. The maximum atomic E-state index is 13.1. The molecule has 1 N–H and O–H groups in total. The van der Waals surface area contributed by atoms with Gasteiger partial charge in [0.25, 0.3) is 0 Å². The summed E-state index contributed by atoms with van der Waals surface area (Å²) in [5.41, 5.74) is 4.24. The zero-order valence-corrected chi connectivity index (χ0v) is 16.9. The third-order valence-corrected chi connectivity index (χ3v) is 5.10.